The Morgan fingerprint density at radius 3 is 2.20 bits per heavy atom. The monoisotopic (exact) mass is 164 g/mol. The van der Waals surface area contributed by atoms with E-state index in [4.69, 9.17) is 0 Å². The minimum Gasteiger partial charge on any atom is -0.297 e. The fraction of sp³-hybridized carbons (Fsp3) is 0.250. The smallest absolute Gasteiger partial charge is 0.255 e. The third-order valence-electron chi connectivity index (χ3n) is 0.866. The first-order valence-electron chi connectivity index (χ1n) is 2.42. The second-order valence-electron chi connectivity index (χ2n) is 1.43. The molecule has 3 N–H and O–H groups in total. The highest BCUT2D eigenvalue weighted by atomic mass is 32.2. The van der Waals surface area contributed by atoms with Gasteiger partial charge in [0.1, 0.15) is 4.91 Å². The zero-order valence-corrected chi connectivity index (χ0v) is 6.18. The van der Waals surface area contributed by atoms with Crippen LogP contribution in [0.3, 0.4) is 0 Å². The number of nitrogens with one attached hydrogen (secondary N) is 1. The molecular formula is C4H8N2O3S. The van der Waals surface area contributed by atoms with Crippen LogP contribution >= 0.6 is 0 Å². The quantitative estimate of drug-likeness (QED) is 0.239. The van der Waals surface area contributed by atoms with Gasteiger partial charge in [0.25, 0.3) is 10.0 Å². The molecule has 0 aliphatic heterocycles. The van der Waals surface area contributed by atoms with Crippen LogP contribution in [0, 0.1) is 0 Å². The maximum absolute atomic E-state index is 10.6. The van der Waals surface area contributed by atoms with Crippen molar-refractivity contribution in [2.45, 2.75) is 6.92 Å². The van der Waals surface area contributed by atoms with Crippen molar-refractivity contribution >= 4 is 16.3 Å². The summed E-state index contributed by atoms with van der Waals surface area (Å²) in [5.41, 5.74) is 0. The molecule has 5 nitrogen and oxygen atoms in total. The molecule has 0 saturated heterocycles. The van der Waals surface area contributed by atoms with E-state index >= 15 is 0 Å². The van der Waals surface area contributed by atoms with E-state index in [-0.39, 0.29) is 11.2 Å². The summed E-state index contributed by atoms with van der Waals surface area (Å²) in [6.45, 7) is 1.43. The van der Waals surface area contributed by atoms with Gasteiger partial charge >= 0.3 is 0 Å². The predicted octanol–water partition coefficient (Wildman–Crippen LogP) is -1.12. The number of hydrogen-bond acceptors (Lipinski definition) is 4. The predicted molar refractivity (Wildman–Crippen MR) is 36.1 cm³/mol. The van der Waals surface area contributed by atoms with E-state index in [1.54, 1.807) is 0 Å². The fourth-order valence-electron chi connectivity index (χ4n) is 0.355. The van der Waals surface area contributed by atoms with Gasteiger partial charge in [-0.15, -0.1) is 4.83 Å². The Morgan fingerprint density at radius 2 is 2.10 bits per heavy atom. The number of sulfonamides is 1. The van der Waals surface area contributed by atoms with Crippen LogP contribution in [0.5, 0.6) is 0 Å². The van der Waals surface area contributed by atoms with Crippen molar-refractivity contribution in [3.05, 3.63) is 11.0 Å². The maximum atomic E-state index is 10.6. The van der Waals surface area contributed by atoms with Crippen molar-refractivity contribution < 1.29 is 13.2 Å². The highest BCUT2D eigenvalue weighted by Gasteiger charge is 2.12. The number of rotatable bonds is 3. The molecule has 0 atom stereocenters. The molecule has 58 valence electrons. The van der Waals surface area contributed by atoms with Crippen LogP contribution in [0.15, 0.2) is 11.0 Å². The molecule has 0 spiro atoms. The van der Waals surface area contributed by atoms with Crippen LogP contribution in [0.4, 0.5) is 0 Å². The minimum atomic E-state index is -3.74. The molecule has 0 aliphatic rings. The average Bonchev–Trinajstić information content (AvgIpc) is 1.90. The number of carbonyl (C=O) groups excluding carboxylic acids is 1. The van der Waals surface area contributed by atoms with Crippen molar-refractivity contribution in [2.75, 3.05) is 0 Å². The SMILES string of the molecule is CC=C(C=O)S(=O)(=O)NN. The Labute approximate surface area is 58.9 Å². The summed E-state index contributed by atoms with van der Waals surface area (Å²) < 4.78 is 21.3. The van der Waals surface area contributed by atoms with Gasteiger partial charge in [0.2, 0.25) is 0 Å². The zero-order valence-electron chi connectivity index (χ0n) is 5.37. The van der Waals surface area contributed by atoms with E-state index in [1.807, 2.05) is 0 Å². The molecule has 0 unspecified atom stereocenters. The van der Waals surface area contributed by atoms with Gasteiger partial charge < -0.3 is 0 Å². The van der Waals surface area contributed by atoms with E-state index < -0.39 is 10.0 Å². The molecule has 0 fully saturated rings. The number of allylic oxidation sites excluding steroid dienone is 2. The lowest BCUT2D eigenvalue weighted by atomic mass is 10.6. The summed E-state index contributed by atoms with van der Waals surface area (Å²) in [6.07, 6.45) is 1.37. The second-order valence-corrected chi connectivity index (χ2v) is 3.14. The van der Waals surface area contributed by atoms with E-state index in [0.717, 1.165) is 6.08 Å². The van der Waals surface area contributed by atoms with Crippen molar-refractivity contribution in [1.82, 2.24) is 4.83 Å². The minimum absolute atomic E-state index is 0.217. The van der Waals surface area contributed by atoms with E-state index in [2.05, 4.69) is 5.84 Å². The van der Waals surface area contributed by atoms with Gasteiger partial charge in [0, 0.05) is 0 Å². The Bertz CT molecular complexity index is 241. The highest BCUT2D eigenvalue weighted by molar-refractivity contribution is 7.94. The van der Waals surface area contributed by atoms with Gasteiger partial charge in [-0.25, -0.2) is 8.42 Å². The van der Waals surface area contributed by atoms with Gasteiger partial charge in [-0.1, -0.05) is 6.08 Å². The molecule has 0 rings (SSSR count). The van der Waals surface area contributed by atoms with E-state index in [1.165, 1.54) is 11.8 Å². The van der Waals surface area contributed by atoms with Gasteiger partial charge in [-0.05, 0) is 6.92 Å². The Hall–Kier alpha value is -0.720. The van der Waals surface area contributed by atoms with Crippen LogP contribution < -0.4 is 10.7 Å². The molecule has 0 bridgehead atoms. The van der Waals surface area contributed by atoms with Crippen molar-refractivity contribution in [1.29, 1.82) is 0 Å². The third kappa shape index (κ3) is 1.90. The highest BCUT2D eigenvalue weighted by Crippen LogP contribution is 1.97. The number of nitrogens with two attached hydrogens (primary N) is 1. The van der Waals surface area contributed by atoms with Crippen LogP contribution in [0.2, 0.25) is 0 Å². The first-order valence-corrected chi connectivity index (χ1v) is 3.90. The van der Waals surface area contributed by atoms with Gasteiger partial charge in [0.05, 0.1) is 0 Å². The molecule has 0 heterocycles. The summed E-state index contributed by atoms with van der Waals surface area (Å²) in [6, 6.07) is 0. The standard InChI is InChI=1S/C4H8N2O3S/c1-2-4(3-7)10(8,9)6-5/h2-3,6H,5H2,1H3. The van der Waals surface area contributed by atoms with Gasteiger partial charge in [-0.2, -0.15) is 0 Å². The molecular weight excluding hydrogens is 156 g/mol. The van der Waals surface area contributed by atoms with Crippen LogP contribution in [-0.2, 0) is 14.8 Å². The maximum Gasteiger partial charge on any atom is 0.255 e. The second kappa shape index (κ2) is 3.45. The first-order chi connectivity index (χ1) is 4.58. The largest absolute Gasteiger partial charge is 0.297 e. The number of aldehydes is 1. The van der Waals surface area contributed by atoms with Gasteiger partial charge in [0.15, 0.2) is 6.29 Å². The van der Waals surface area contributed by atoms with E-state index in [9.17, 15) is 13.2 Å². The van der Waals surface area contributed by atoms with Crippen LogP contribution in [-0.4, -0.2) is 14.7 Å². The van der Waals surface area contributed by atoms with Crippen molar-refractivity contribution in [3.8, 4) is 0 Å². The Balaban J connectivity index is 4.81. The zero-order chi connectivity index (χ0) is 8.20. The molecule has 0 aromatic heterocycles. The number of hydrogen-bond donors (Lipinski definition) is 2. The fourth-order valence-corrected chi connectivity index (χ4v) is 0.928. The summed E-state index contributed by atoms with van der Waals surface area (Å²) in [5, 5.41) is 0. The molecule has 10 heavy (non-hydrogen) atoms. The number of hydrazine groups is 1. The van der Waals surface area contributed by atoms with Crippen LogP contribution in [0.1, 0.15) is 6.92 Å². The molecule has 6 heteroatoms. The van der Waals surface area contributed by atoms with Crippen LogP contribution in [0.25, 0.3) is 0 Å². The third-order valence-corrected chi connectivity index (χ3v) is 2.13. The molecule has 0 amide bonds. The van der Waals surface area contributed by atoms with E-state index in [0.29, 0.717) is 0 Å². The molecule has 0 radical (unpaired) electrons. The van der Waals surface area contributed by atoms with Gasteiger partial charge in [-0.3, -0.25) is 10.6 Å². The lowest BCUT2D eigenvalue weighted by Crippen LogP contribution is -2.31. The molecule has 0 aromatic rings. The number of carbonyl (C=O) groups is 1. The summed E-state index contributed by atoms with van der Waals surface area (Å²) in [5.74, 6) is 4.62. The average molecular weight is 164 g/mol. The summed E-state index contributed by atoms with van der Waals surface area (Å²) in [7, 11) is -3.74. The molecule has 0 saturated carbocycles. The topological polar surface area (TPSA) is 89.3 Å². The normalized spacial score (nSPS) is 13.2. The summed E-state index contributed by atoms with van der Waals surface area (Å²) in [4.78, 5) is 11.1. The molecule has 0 aromatic carbocycles. The Kier molecular flexibility index (Phi) is 3.20. The Morgan fingerprint density at radius 1 is 1.60 bits per heavy atom. The van der Waals surface area contributed by atoms with Crippen molar-refractivity contribution in [2.24, 2.45) is 5.84 Å². The molecule has 0 aliphatic carbocycles. The summed E-state index contributed by atoms with van der Waals surface area (Å²) >= 11 is 0. The lowest BCUT2D eigenvalue weighted by Gasteiger charge is -1.97. The lowest BCUT2D eigenvalue weighted by molar-refractivity contribution is -0.104. The van der Waals surface area contributed by atoms with Crippen molar-refractivity contribution in [3.63, 3.8) is 0 Å². The first kappa shape index (κ1) is 9.28.